The van der Waals surface area contributed by atoms with Crippen molar-refractivity contribution in [3.05, 3.63) is 59.1 Å². The lowest BCUT2D eigenvalue weighted by molar-refractivity contribution is -0.114. The van der Waals surface area contributed by atoms with Crippen LogP contribution in [0.3, 0.4) is 0 Å². The third kappa shape index (κ3) is 6.93. The van der Waals surface area contributed by atoms with Crippen molar-refractivity contribution < 1.29 is 14.6 Å². The van der Waals surface area contributed by atoms with Gasteiger partial charge in [-0.3, -0.25) is 4.79 Å². The van der Waals surface area contributed by atoms with Crippen molar-refractivity contribution in [2.45, 2.75) is 24.5 Å². The minimum Gasteiger partial charge on any atom is -0.390 e. The maximum atomic E-state index is 11.0. The number of thioether (sulfide) groups is 1. The molecule has 2 rings (SSSR count). The summed E-state index contributed by atoms with van der Waals surface area (Å²) >= 11 is 7.37. The standard InChI is InChI=1S/C18H20ClNO3S/c1-13(21)20-16-6-8-18(9-7-16)24-12-17(22)11-23-10-14-2-4-15(19)5-3-14/h2-9,17,22H,10-12H2,1H3,(H,20,21). The number of halogens is 1. The van der Waals surface area contributed by atoms with Crippen LogP contribution in [0.2, 0.25) is 5.02 Å². The average molecular weight is 366 g/mol. The summed E-state index contributed by atoms with van der Waals surface area (Å²) in [4.78, 5) is 12.0. The first-order valence-corrected chi connectivity index (χ1v) is 8.90. The molecule has 0 saturated carbocycles. The predicted octanol–water partition coefficient (Wildman–Crippen LogP) is 3.97. The van der Waals surface area contributed by atoms with Gasteiger partial charge in [-0.2, -0.15) is 0 Å². The number of carbonyl (C=O) groups is 1. The van der Waals surface area contributed by atoms with E-state index in [-0.39, 0.29) is 12.5 Å². The number of anilines is 1. The number of ether oxygens (including phenoxy) is 1. The Bertz CT molecular complexity index is 646. The first-order valence-electron chi connectivity index (χ1n) is 7.53. The summed E-state index contributed by atoms with van der Waals surface area (Å²) < 4.78 is 5.52. The number of hydrogen-bond donors (Lipinski definition) is 2. The summed E-state index contributed by atoms with van der Waals surface area (Å²) in [6.07, 6.45) is -0.544. The highest BCUT2D eigenvalue weighted by Gasteiger charge is 2.06. The van der Waals surface area contributed by atoms with Gasteiger partial charge >= 0.3 is 0 Å². The zero-order valence-electron chi connectivity index (χ0n) is 13.4. The molecule has 0 aliphatic rings. The molecule has 1 amide bonds. The highest BCUT2D eigenvalue weighted by molar-refractivity contribution is 7.99. The molecule has 0 heterocycles. The Hall–Kier alpha value is -1.53. The van der Waals surface area contributed by atoms with Crippen LogP contribution in [0.4, 0.5) is 5.69 Å². The molecule has 6 heteroatoms. The first kappa shape index (κ1) is 18.8. The van der Waals surface area contributed by atoms with Crippen LogP contribution >= 0.6 is 23.4 Å². The van der Waals surface area contributed by atoms with Crippen LogP contribution in [0.15, 0.2) is 53.4 Å². The van der Waals surface area contributed by atoms with Gasteiger partial charge in [0.15, 0.2) is 0 Å². The zero-order chi connectivity index (χ0) is 17.4. The molecule has 0 spiro atoms. The SMILES string of the molecule is CC(=O)Nc1ccc(SCC(O)COCc2ccc(Cl)cc2)cc1. The Morgan fingerprint density at radius 1 is 1.21 bits per heavy atom. The maximum absolute atomic E-state index is 11.0. The highest BCUT2D eigenvalue weighted by atomic mass is 35.5. The molecule has 0 bridgehead atoms. The summed E-state index contributed by atoms with van der Waals surface area (Å²) in [5.41, 5.74) is 1.78. The van der Waals surface area contributed by atoms with Crippen molar-refractivity contribution in [3.8, 4) is 0 Å². The second-order valence-corrected chi connectivity index (χ2v) is 6.84. The minimum atomic E-state index is -0.544. The lowest BCUT2D eigenvalue weighted by atomic mass is 10.2. The molecule has 128 valence electrons. The zero-order valence-corrected chi connectivity index (χ0v) is 14.9. The summed E-state index contributed by atoms with van der Waals surface area (Å²) in [5, 5.41) is 13.4. The molecule has 0 fully saturated rings. The molecule has 2 aromatic rings. The second kappa shape index (κ2) is 9.69. The summed E-state index contributed by atoms with van der Waals surface area (Å²) in [7, 11) is 0. The number of benzene rings is 2. The van der Waals surface area contributed by atoms with E-state index >= 15 is 0 Å². The first-order chi connectivity index (χ1) is 11.5. The van der Waals surface area contributed by atoms with Crippen molar-refractivity contribution in [2.24, 2.45) is 0 Å². The van der Waals surface area contributed by atoms with E-state index in [4.69, 9.17) is 16.3 Å². The molecule has 2 N–H and O–H groups in total. The van der Waals surface area contributed by atoms with Crippen LogP contribution in [0.25, 0.3) is 0 Å². The van der Waals surface area contributed by atoms with Gasteiger partial charge in [0, 0.05) is 28.3 Å². The number of aliphatic hydroxyl groups excluding tert-OH is 1. The van der Waals surface area contributed by atoms with Crippen molar-refractivity contribution in [2.75, 3.05) is 17.7 Å². The Balaban J connectivity index is 1.68. The molecular formula is C18H20ClNO3S. The molecule has 0 radical (unpaired) electrons. The van der Waals surface area contributed by atoms with E-state index in [1.54, 1.807) is 11.8 Å². The molecule has 4 nitrogen and oxygen atoms in total. The third-order valence-corrected chi connectivity index (χ3v) is 4.52. The molecule has 2 aromatic carbocycles. The Morgan fingerprint density at radius 2 is 1.88 bits per heavy atom. The van der Waals surface area contributed by atoms with E-state index in [2.05, 4.69) is 5.32 Å². The summed E-state index contributed by atoms with van der Waals surface area (Å²) in [6.45, 7) is 2.20. The topological polar surface area (TPSA) is 58.6 Å². The highest BCUT2D eigenvalue weighted by Crippen LogP contribution is 2.21. The monoisotopic (exact) mass is 365 g/mol. The lowest BCUT2D eigenvalue weighted by Gasteiger charge is -2.11. The number of amides is 1. The molecule has 24 heavy (non-hydrogen) atoms. The van der Waals surface area contributed by atoms with Crippen molar-refractivity contribution in [1.29, 1.82) is 0 Å². The molecule has 0 saturated heterocycles. The van der Waals surface area contributed by atoms with Gasteiger partial charge in [-0.05, 0) is 42.0 Å². The van der Waals surface area contributed by atoms with Crippen LogP contribution in [0.1, 0.15) is 12.5 Å². The lowest BCUT2D eigenvalue weighted by Crippen LogP contribution is -2.17. The van der Waals surface area contributed by atoms with E-state index in [0.717, 1.165) is 16.1 Å². The van der Waals surface area contributed by atoms with Gasteiger partial charge in [0.05, 0.1) is 19.3 Å². The van der Waals surface area contributed by atoms with Crippen molar-refractivity contribution >= 4 is 35.0 Å². The van der Waals surface area contributed by atoms with Crippen molar-refractivity contribution in [3.63, 3.8) is 0 Å². The molecule has 0 aliphatic heterocycles. The van der Waals surface area contributed by atoms with E-state index < -0.39 is 6.10 Å². The Labute approximate surface area is 151 Å². The van der Waals surface area contributed by atoms with Gasteiger partial charge in [-0.1, -0.05) is 23.7 Å². The predicted molar refractivity (Wildman–Crippen MR) is 98.6 cm³/mol. The molecule has 0 aliphatic carbocycles. The minimum absolute atomic E-state index is 0.0938. The maximum Gasteiger partial charge on any atom is 0.221 e. The van der Waals surface area contributed by atoms with E-state index in [9.17, 15) is 9.90 Å². The van der Waals surface area contributed by atoms with Crippen LogP contribution < -0.4 is 5.32 Å². The molecule has 1 unspecified atom stereocenters. The number of nitrogens with one attached hydrogen (secondary N) is 1. The van der Waals surface area contributed by atoms with Gasteiger partial charge in [0.1, 0.15) is 0 Å². The van der Waals surface area contributed by atoms with Crippen LogP contribution in [0.5, 0.6) is 0 Å². The molecular weight excluding hydrogens is 346 g/mol. The van der Waals surface area contributed by atoms with Crippen LogP contribution in [0, 0.1) is 0 Å². The fourth-order valence-corrected chi connectivity index (χ4v) is 2.91. The van der Waals surface area contributed by atoms with E-state index in [1.165, 1.54) is 6.92 Å². The number of hydrogen-bond acceptors (Lipinski definition) is 4. The molecule has 1 atom stereocenters. The Morgan fingerprint density at radius 3 is 2.50 bits per heavy atom. The fourth-order valence-electron chi connectivity index (χ4n) is 1.97. The number of rotatable bonds is 8. The van der Waals surface area contributed by atoms with Crippen LogP contribution in [-0.2, 0) is 16.1 Å². The summed E-state index contributed by atoms with van der Waals surface area (Å²) in [5.74, 6) is 0.448. The quantitative estimate of drug-likeness (QED) is 0.695. The van der Waals surface area contributed by atoms with Gasteiger partial charge in [0.25, 0.3) is 0 Å². The normalized spacial score (nSPS) is 12.0. The van der Waals surface area contributed by atoms with E-state index in [1.807, 2.05) is 48.5 Å². The van der Waals surface area contributed by atoms with E-state index in [0.29, 0.717) is 17.4 Å². The van der Waals surface area contributed by atoms with Crippen molar-refractivity contribution in [1.82, 2.24) is 0 Å². The van der Waals surface area contributed by atoms with Gasteiger partial charge in [-0.25, -0.2) is 0 Å². The Kier molecular flexibility index (Phi) is 7.59. The smallest absolute Gasteiger partial charge is 0.221 e. The fraction of sp³-hybridized carbons (Fsp3) is 0.278. The number of carbonyl (C=O) groups excluding carboxylic acids is 1. The van der Waals surface area contributed by atoms with Gasteiger partial charge in [0.2, 0.25) is 5.91 Å². The average Bonchev–Trinajstić information content (AvgIpc) is 2.55. The largest absolute Gasteiger partial charge is 0.390 e. The van der Waals surface area contributed by atoms with Crippen LogP contribution in [-0.4, -0.2) is 29.5 Å². The third-order valence-electron chi connectivity index (χ3n) is 3.11. The second-order valence-electron chi connectivity index (χ2n) is 5.31. The van der Waals surface area contributed by atoms with Gasteiger partial charge in [-0.15, -0.1) is 11.8 Å². The van der Waals surface area contributed by atoms with Gasteiger partial charge < -0.3 is 15.2 Å². The summed E-state index contributed by atoms with van der Waals surface area (Å²) in [6, 6.07) is 14.9. The number of aliphatic hydroxyl groups is 1. The molecule has 0 aromatic heterocycles.